The summed E-state index contributed by atoms with van der Waals surface area (Å²) >= 11 is 0. The summed E-state index contributed by atoms with van der Waals surface area (Å²) in [6, 6.07) is 3.61. The van der Waals surface area contributed by atoms with E-state index in [0.29, 0.717) is 11.4 Å². The van der Waals surface area contributed by atoms with E-state index in [-0.39, 0.29) is 0 Å². The van der Waals surface area contributed by atoms with Crippen LogP contribution in [0.3, 0.4) is 0 Å². The molecule has 0 saturated heterocycles. The van der Waals surface area contributed by atoms with Gasteiger partial charge in [0.2, 0.25) is 0 Å². The molecule has 0 aromatic carbocycles. The minimum Gasteiger partial charge on any atom is -0.397 e. The van der Waals surface area contributed by atoms with Crippen molar-refractivity contribution in [1.82, 2.24) is 10.4 Å². The fraction of sp³-hybridized carbons (Fsp3) is 0. The van der Waals surface area contributed by atoms with Crippen LogP contribution in [-0.4, -0.2) is 10.4 Å². The van der Waals surface area contributed by atoms with Gasteiger partial charge in [-0.05, 0) is 12.1 Å². The summed E-state index contributed by atoms with van der Waals surface area (Å²) in [4.78, 5) is 0. The molecule has 0 fully saturated rings. The zero-order valence-corrected chi connectivity index (χ0v) is 5.11. The van der Waals surface area contributed by atoms with Gasteiger partial charge in [0, 0.05) is 10.8 Å². The minimum atomic E-state index is 0.637. The highest BCUT2D eigenvalue weighted by Crippen LogP contribution is 2.25. The zero-order valence-electron chi connectivity index (χ0n) is 5.11. The lowest BCUT2D eigenvalue weighted by Gasteiger charge is -1.92. The van der Waals surface area contributed by atoms with Gasteiger partial charge < -0.3 is 10.3 Å². The molecule has 4 heteroatoms. The molecular formula is C6H5N3O. The number of hydrogen-bond acceptors (Lipinski definition) is 4. The Balaban J connectivity index is 2.78. The monoisotopic (exact) mass is 135 g/mol. The van der Waals surface area contributed by atoms with Crippen LogP contribution in [0.25, 0.3) is 11.3 Å². The molecule has 10 heavy (non-hydrogen) atoms. The van der Waals surface area contributed by atoms with Crippen LogP contribution in [0.5, 0.6) is 0 Å². The Labute approximate surface area is 57.0 Å². The van der Waals surface area contributed by atoms with Gasteiger partial charge in [-0.2, -0.15) is 0 Å². The van der Waals surface area contributed by atoms with Crippen molar-refractivity contribution in [3.8, 4) is 11.3 Å². The number of nitrogens with zero attached hydrogens (tertiary/aromatic N) is 2. The SMILES string of the molecule is Nc1ccc2connc1-2. The smallest absolute Gasteiger partial charge is 0.133 e. The number of nitrogen functional groups attached to an aromatic ring is 1. The molecule has 0 amide bonds. The molecular weight excluding hydrogens is 130 g/mol. The third-order valence-electron chi connectivity index (χ3n) is 1.36. The van der Waals surface area contributed by atoms with Gasteiger partial charge in [0.05, 0.1) is 5.69 Å². The quantitative estimate of drug-likeness (QED) is 0.579. The summed E-state index contributed by atoms with van der Waals surface area (Å²) in [7, 11) is 0. The second kappa shape index (κ2) is 1.70. The molecule has 0 aromatic rings. The van der Waals surface area contributed by atoms with Crippen LogP contribution in [0, 0.1) is 0 Å². The number of anilines is 1. The van der Waals surface area contributed by atoms with E-state index < -0.39 is 0 Å². The maximum Gasteiger partial charge on any atom is 0.133 e. The topological polar surface area (TPSA) is 64.9 Å². The van der Waals surface area contributed by atoms with Crippen molar-refractivity contribution >= 4 is 5.69 Å². The predicted molar refractivity (Wildman–Crippen MR) is 35.3 cm³/mol. The Hall–Kier alpha value is -1.58. The van der Waals surface area contributed by atoms with Crippen molar-refractivity contribution in [1.29, 1.82) is 0 Å². The van der Waals surface area contributed by atoms with Crippen molar-refractivity contribution < 1.29 is 4.52 Å². The van der Waals surface area contributed by atoms with Crippen molar-refractivity contribution in [3.63, 3.8) is 0 Å². The van der Waals surface area contributed by atoms with E-state index in [0.717, 1.165) is 5.56 Å². The normalized spacial score (nSPS) is 10.4. The first-order valence-electron chi connectivity index (χ1n) is 2.83. The van der Waals surface area contributed by atoms with Gasteiger partial charge in [-0.1, -0.05) is 0 Å². The third-order valence-corrected chi connectivity index (χ3v) is 1.36. The summed E-state index contributed by atoms with van der Waals surface area (Å²) in [5, 5.41) is 7.04. The molecule has 0 saturated carbocycles. The number of fused-ring (bicyclic) bond motifs is 1. The first-order valence-corrected chi connectivity index (χ1v) is 2.83. The number of hydrogen-bond donors (Lipinski definition) is 1. The molecule has 1 heterocycles. The van der Waals surface area contributed by atoms with E-state index in [2.05, 4.69) is 14.9 Å². The molecule has 2 rings (SSSR count). The van der Waals surface area contributed by atoms with E-state index in [1.807, 2.05) is 6.07 Å². The molecule has 0 bridgehead atoms. The van der Waals surface area contributed by atoms with Gasteiger partial charge in [0.25, 0.3) is 0 Å². The van der Waals surface area contributed by atoms with Crippen LogP contribution in [-0.2, 0) is 0 Å². The van der Waals surface area contributed by atoms with Crippen LogP contribution in [0.2, 0.25) is 0 Å². The Kier molecular flexibility index (Phi) is 0.887. The lowest BCUT2D eigenvalue weighted by Crippen LogP contribution is -1.89. The Morgan fingerprint density at radius 3 is 3.10 bits per heavy atom. The second-order valence-electron chi connectivity index (χ2n) is 2.00. The number of rotatable bonds is 0. The average Bonchev–Trinajstić information content (AvgIpc) is 2.34. The molecule has 2 aliphatic rings. The molecule has 0 radical (unpaired) electrons. The summed E-state index contributed by atoms with van der Waals surface area (Å²) in [6.45, 7) is 0. The van der Waals surface area contributed by atoms with Crippen LogP contribution in [0.15, 0.2) is 22.9 Å². The summed E-state index contributed by atoms with van der Waals surface area (Å²) < 4.78 is 4.59. The highest BCUT2D eigenvalue weighted by atomic mass is 16.5. The fourth-order valence-electron chi connectivity index (χ4n) is 0.859. The van der Waals surface area contributed by atoms with Crippen molar-refractivity contribution in [3.05, 3.63) is 18.4 Å². The second-order valence-corrected chi connectivity index (χ2v) is 2.00. The molecule has 0 spiro atoms. The molecule has 2 N–H and O–H groups in total. The molecule has 0 atom stereocenters. The van der Waals surface area contributed by atoms with Crippen LogP contribution >= 0.6 is 0 Å². The largest absolute Gasteiger partial charge is 0.397 e. The zero-order chi connectivity index (χ0) is 6.97. The van der Waals surface area contributed by atoms with E-state index in [1.165, 1.54) is 6.26 Å². The van der Waals surface area contributed by atoms with Crippen LogP contribution < -0.4 is 5.73 Å². The van der Waals surface area contributed by atoms with Crippen LogP contribution in [0.1, 0.15) is 0 Å². The van der Waals surface area contributed by atoms with E-state index >= 15 is 0 Å². The number of nitrogens with two attached hydrogens (primary N) is 1. The van der Waals surface area contributed by atoms with Crippen LogP contribution in [0.4, 0.5) is 5.69 Å². The Morgan fingerprint density at radius 1 is 1.40 bits per heavy atom. The van der Waals surface area contributed by atoms with Gasteiger partial charge in [-0.15, -0.1) is 5.10 Å². The summed E-state index contributed by atoms with van der Waals surface area (Å²) in [6.07, 6.45) is 1.51. The first kappa shape index (κ1) is 5.22. The fourth-order valence-corrected chi connectivity index (χ4v) is 0.859. The Morgan fingerprint density at radius 2 is 2.30 bits per heavy atom. The Bertz CT molecular complexity index is 317. The molecule has 1 aliphatic carbocycles. The van der Waals surface area contributed by atoms with E-state index in [1.54, 1.807) is 6.07 Å². The molecule has 50 valence electrons. The van der Waals surface area contributed by atoms with Crippen molar-refractivity contribution in [2.75, 3.05) is 5.73 Å². The average molecular weight is 135 g/mol. The standard InChI is InChI=1S/C6H5N3O/c7-5-2-1-4-3-10-9-8-6(4)5/h1-3H,7H2. The van der Waals surface area contributed by atoms with Gasteiger partial charge in [0.15, 0.2) is 0 Å². The highest BCUT2D eigenvalue weighted by Gasteiger charge is 2.07. The van der Waals surface area contributed by atoms with Gasteiger partial charge in [-0.25, -0.2) is 0 Å². The highest BCUT2D eigenvalue weighted by molar-refractivity contribution is 5.74. The van der Waals surface area contributed by atoms with Gasteiger partial charge in [-0.3, -0.25) is 0 Å². The lowest BCUT2D eigenvalue weighted by atomic mass is 10.3. The third kappa shape index (κ3) is 0.556. The molecule has 0 unspecified atom stereocenters. The van der Waals surface area contributed by atoms with Crippen molar-refractivity contribution in [2.24, 2.45) is 0 Å². The van der Waals surface area contributed by atoms with Gasteiger partial charge >= 0.3 is 0 Å². The molecule has 0 aromatic heterocycles. The maximum atomic E-state index is 5.53. The summed E-state index contributed by atoms with van der Waals surface area (Å²) in [5.74, 6) is 0. The minimum absolute atomic E-state index is 0.637. The number of aromatic nitrogens is 2. The first-order chi connectivity index (χ1) is 4.88. The maximum absolute atomic E-state index is 5.53. The van der Waals surface area contributed by atoms with E-state index in [4.69, 9.17) is 5.73 Å². The summed E-state index contributed by atoms with van der Waals surface area (Å²) in [5.41, 5.74) is 7.75. The lowest BCUT2D eigenvalue weighted by molar-refractivity contribution is 0.362. The van der Waals surface area contributed by atoms with E-state index in [9.17, 15) is 0 Å². The van der Waals surface area contributed by atoms with Gasteiger partial charge in [0.1, 0.15) is 12.0 Å². The van der Waals surface area contributed by atoms with Crippen molar-refractivity contribution in [2.45, 2.75) is 0 Å². The predicted octanol–water partition coefficient (Wildman–Crippen LogP) is 0.757. The molecule has 4 nitrogen and oxygen atoms in total. The molecule has 1 aliphatic heterocycles.